The molecule has 3 aromatic rings. The van der Waals surface area contributed by atoms with E-state index in [2.05, 4.69) is 46.4 Å². The first kappa shape index (κ1) is 17.1. The number of anilines is 1. The van der Waals surface area contributed by atoms with E-state index in [-0.39, 0.29) is 0 Å². The standard InChI is InChI=1S/C21H23N3OS/c1-16-2-4-17(5-3-16)21-22-18(15-26-21)14-23-10-12-24(13-11-23)19-6-8-20(25)9-7-19/h2-9,15,25H,10-14H2,1H3. The molecule has 0 atom stereocenters. The number of nitrogens with zero attached hydrogens (tertiary/aromatic N) is 3. The summed E-state index contributed by atoms with van der Waals surface area (Å²) in [4.78, 5) is 9.66. The number of aromatic nitrogens is 1. The van der Waals surface area contributed by atoms with E-state index in [0.717, 1.165) is 43.4 Å². The van der Waals surface area contributed by atoms with E-state index in [4.69, 9.17) is 4.98 Å². The quantitative estimate of drug-likeness (QED) is 0.754. The Bertz CT molecular complexity index is 850. The highest BCUT2D eigenvalue weighted by Gasteiger charge is 2.18. The Hall–Kier alpha value is -2.37. The molecule has 5 heteroatoms. The molecule has 0 amide bonds. The zero-order chi connectivity index (χ0) is 17.9. The van der Waals surface area contributed by atoms with Gasteiger partial charge < -0.3 is 10.0 Å². The monoisotopic (exact) mass is 365 g/mol. The normalized spacial score (nSPS) is 15.3. The number of piperazine rings is 1. The third-order valence-electron chi connectivity index (χ3n) is 4.82. The van der Waals surface area contributed by atoms with Gasteiger partial charge in [-0.1, -0.05) is 29.8 Å². The number of benzene rings is 2. The summed E-state index contributed by atoms with van der Waals surface area (Å²) in [5, 5.41) is 12.7. The smallest absolute Gasteiger partial charge is 0.123 e. The van der Waals surface area contributed by atoms with Crippen molar-refractivity contribution in [2.45, 2.75) is 13.5 Å². The molecule has 1 fully saturated rings. The number of phenolic OH excluding ortho intramolecular Hbond substituents is 1. The van der Waals surface area contributed by atoms with Crippen LogP contribution in [0.1, 0.15) is 11.3 Å². The topological polar surface area (TPSA) is 39.6 Å². The molecule has 0 aliphatic carbocycles. The highest BCUT2D eigenvalue weighted by atomic mass is 32.1. The van der Waals surface area contributed by atoms with Crippen molar-refractivity contribution in [1.82, 2.24) is 9.88 Å². The molecule has 0 bridgehead atoms. The zero-order valence-electron chi connectivity index (χ0n) is 14.9. The van der Waals surface area contributed by atoms with Crippen molar-refractivity contribution in [2.24, 2.45) is 0 Å². The molecule has 4 rings (SSSR count). The summed E-state index contributed by atoms with van der Waals surface area (Å²) in [5.41, 5.74) is 4.81. The molecule has 0 saturated carbocycles. The fourth-order valence-electron chi connectivity index (χ4n) is 3.27. The molecule has 134 valence electrons. The van der Waals surface area contributed by atoms with Gasteiger partial charge in [0.1, 0.15) is 10.8 Å². The summed E-state index contributed by atoms with van der Waals surface area (Å²) in [5.74, 6) is 0.320. The molecule has 26 heavy (non-hydrogen) atoms. The summed E-state index contributed by atoms with van der Waals surface area (Å²) in [6.07, 6.45) is 0. The molecule has 1 aromatic heterocycles. The predicted octanol–water partition coefficient (Wildman–Crippen LogP) is 4.15. The molecule has 0 unspecified atom stereocenters. The predicted molar refractivity (Wildman–Crippen MR) is 108 cm³/mol. The van der Waals surface area contributed by atoms with Crippen molar-refractivity contribution in [3.8, 4) is 16.3 Å². The number of thiazole rings is 1. The Balaban J connectivity index is 1.34. The van der Waals surface area contributed by atoms with Crippen LogP contribution < -0.4 is 4.90 Å². The van der Waals surface area contributed by atoms with Crippen LogP contribution in [0.4, 0.5) is 5.69 Å². The van der Waals surface area contributed by atoms with E-state index in [1.165, 1.54) is 16.8 Å². The summed E-state index contributed by atoms with van der Waals surface area (Å²) >= 11 is 1.72. The largest absolute Gasteiger partial charge is 0.508 e. The van der Waals surface area contributed by atoms with Gasteiger partial charge in [-0.3, -0.25) is 4.90 Å². The lowest BCUT2D eigenvalue weighted by molar-refractivity contribution is 0.247. The molecular weight excluding hydrogens is 342 g/mol. The van der Waals surface area contributed by atoms with Gasteiger partial charge in [0.15, 0.2) is 0 Å². The van der Waals surface area contributed by atoms with Crippen LogP contribution in [0.15, 0.2) is 53.9 Å². The van der Waals surface area contributed by atoms with E-state index in [1.807, 2.05) is 12.1 Å². The summed E-state index contributed by atoms with van der Waals surface area (Å²) in [7, 11) is 0. The third-order valence-corrected chi connectivity index (χ3v) is 5.76. The van der Waals surface area contributed by atoms with Crippen LogP contribution in [-0.2, 0) is 6.54 Å². The number of rotatable bonds is 4. The van der Waals surface area contributed by atoms with Gasteiger partial charge in [-0.05, 0) is 31.2 Å². The van der Waals surface area contributed by atoms with Gasteiger partial charge in [0, 0.05) is 49.4 Å². The van der Waals surface area contributed by atoms with Gasteiger partial charge in [-0.15, -0.1) is 11.3 Å². The van der Waals surface area contributed by atoms with Crippen molar-refractivity contribution in [2.75, 3.05) is 31.1 Å². The molecule has 2 aromatic carbocycles. The Morgan fingerprint density at radius 1 is 0.962 bits per heavy atom. The van der Waals surface area contributed by atoms with Crippen molar-refractivity contribution in [1.29, 1.82) is 0 Å². The van der Waals surface area contributed by atoms with Gasteiger partial charge in [-0.25, -0.2) is 4.98 Å². The molecule has 2 heterocycles. The summed E-state index contributed by atoms with van der Waals surface area (Å²) in [6.45, 7) is 7.07. The van der Waals surface area contributed by atoms with Crippen molar-refractivity contribution >= 4 is 17.0 Å². The fraction of sp³-hybridized carbons (Fsp3) is 0.286. The molecule has 0 radical (unpaired) electrons. The van der Waals surface area contributed by atoms with E-state index >= 15 is 0 Å². The van der Waals surface area contributed by atoms with E-state index in [9.17, 15) is 5.11 Å². The lowest BCUT2D eigenvalue weighted by Gasteiger charge is -2.35. The van der Waals surface area contributed by atoms with Gasteiger partial charge in [-0.2, -0.15) is 0 Å². The number of hydrogen-bond donors (Lipinski definition) is 1. The molecular formula is C21H23N3OS. The van der Waals surface area contributed by atoms with Crippen LogP contribution >= 0.6 is 11.3 Å². The van der Waals surface area contributed by atoms with Crippen molar-refractivity contribution < 1.29 is 5.11 Å². The minimum absolute atomic E-state index is 0.320. The Morgan fingerprint density at radius 3 is 2.35 bits per heavy atom. The maximum atomic E-state index is 9.43. The van der Waals surface area contributed by atoms with Crippen LogP contribution in [0, 0.1) is 6.92 Å². The third kappa shape index (κ3) is 3.89. The highest BCUT2D eigenvalue weighted by molar-refractivity contribution is 7.13. The van der Waals surface area contributed by atoms with Crippen LogP contribution in [0.3, 0.4) is 0 Å². The first-order valence-corrected chi connectivity index (χ1v) is 9.83. The van der Waals surface area contributed by atoms with Gasteiger partial charge in [0.25, 0.3) is 0 Å². The zero-order valence-corrected chi connectivity index (χ0v) is 15.7. The highest BCUT2D eigenvalue weighted by Crippen LogP contribution is 2.25. The van der Waals surface area contributed by atoms with Gasteiger partial charge in [0.05, 0.1) is 5.69 Å². The number of phenols is 1. The van der Waals surface area contributed by atoms with E-state index < -0.39 is 0 Å². The fourth-order valence-corrected chi connectivity index (χ4v) is 4.08. The van der Waals surface area contributed by atoms with Gasteiger partial charge in [0.2, 0.25) is 0 Å². The van der Waals surface area contributed by atoms with Crippen LogP contribution in [-0.4, -0.2) is 41.2 Å². The average Bonchev–Trinajstić information content (AvgIpc) is 3.12. The molecule has 1 aliphatic heterocycles. The maximum Gasteiger partial charge on any atom is 0.123 e. The second-order valence-corrected chi connectivity index (χ2v) is 7.65. The SMILES string of the molecule is Cc1ccc(-c2nc(CN3CCN(c4ccc(O)cc4)CC3)cs2)cc1. The van der Waals surface area contributed by atoms with Crippen LogP contribution in [0.2, 0.25) is 0 Å². The number of aromatic hydroxyl groups is 1. The second kappa shape index (κ2) is 7.48. The lowest BCUT2D eigenvalue weighted by Crippen LogP contribution is -2.46. The first-order chi connectivity index (χ1) is 12.7. The van der Waals surface area contributed by atoms with Crippen LogP contribution in [0.5, 0.6) is 5.75 Å². The molecule has 4 nitrogen and oxygen atoms in total. The molecule has 1 aliphatic rings. The van der Waals surface area contributed by atoms with Crippen LogP contribution in [0.25, 0.3) is 10.6 Å². The average molecular weight is 366 g/mol. The summed E-state index contributed by atoms with van der Waals surface area (Å²) < 4.78 is 0. The Labute approximate surface area is 158 Å². The van der Waals surface area contributed by atoms with E-state index in [0.29, 0.717) is 5.75 Å². The number of aryl methyl sites for hydroxylation is 1. The minimum Gasteiger partial charge on any atom is -0.508 e. The molecule has 0 spiro atoms. The molecule has 1 saturated heterocycles. The lowest BCUT2D eigenvalue weighted by atomic mass is 10.2. The van der Waals surface area contributed by atoms with Crippen molar-refractivity contribution in [3.05, 3.63) is 65.2 Å². The first-order valence-electron chi connectivity index (χ1n) is 8.95. The van der Waals surface area contributed by atoms with Gasteiger partial charge >= 0.3 is 0 Å². The minimum atomic E-state index is 0.320. The maximum absolute atomic E-state index is 9.43. The van der Waals surface area contributed by atoms with Crippen molar-refractivity contribution in [3.63, 3.8) is 0 Å². The summed E-state index contributed by atoms with van der Waals surface area (Å²) in [6, 6.07) is 16.0. The Kier molecular flexibility index (Phi) is 4.91. The molecule has 1 N–H and O–H groups in total. The Morgan fingerprint density at radius 2 is 1.65 bits per heavy atom. The van der Waals surface area contributed by atoms with E-state index in [1.54, 1.807) is 23.5 Å². The number of hydrogen-bond acceptors (Lipinski definition) is 5. The second-order valence-electron chi connectivity index (χ2n) is 6.79.